The van der Waals surface area contributed by atoms with Crippen molar-refractivity contribution in [2.24, 2.45) is 5.73 Å². The summed E-state index contributed by atoms with van der Waals surface area (Å²) < 4.78 is 0. The van der Waals surface area contributed by atoms with Gasteiger partial charge in [-0.2, -0.15) is 10.3 Å². The predicted molar refractivity (Wildman–Crippen MR) is 141 cm³/mol. The van der Waals surface area contributed by atoms with Crippen LogP contribution in [0.2, 0.25) is 0 Å². The number of urea groups is 1. The third-order valence-corrected chi connectivity index (χ3v) is 5.91. The number of nitriles is 1. The van der Waals surface area contributed by atoms with Crippen molar-refractivity contribution >= 4 is 18.2 Å². The minimum absolute atomic E-state index is 0.149. The molecule has 1 aliphatic heterocycles. The van der Waals surface area contributed by atoms with Crippen LogP contribution in [0.25, 0.3) is 0 Å². The summed E-state index contributed by atoms with van der Waals surface area (Å²) in [5, 5.41) is 11.8. The van der Waals surface area contributed by atoms with Gasteiger partial charge in [-0.25, -0.2) is 9.80 Å². The van der Waals surface area contributed by atoms with Gasteiger partial charge in [0.2, 0.25) is 5.91 Å². The molecule has 200 valence electrons. The number of rotatable bonds is 13. The number of hydrazine groups is 1. The predicted octanol–water partition coefficient (Wildman–Crippen LogP) is 3.40. The van der Waals surface area contributed by atoms with E-state index in [2.05, 4.69) is 20.8 Å². The summed E-state index contributed by atoms with van der Waals surface area (Å²) in [6.45, 7) is 7.20. The van der Waals surface area contributed by atoms with Gasteiger partial charge in [0.15, 0.2) is 0 Å². The van der Waals surface area contributed by atoms with Crippen molar-refractivity contribution in [2.45, 2.75) is 77.9 Å². The highest BCUT2D eigenvalue weighted by atomic mass is 16.2. The number of benzene rings is 1. The average molecular weight is 501 g/mol. The van der Waals surface area contributed by atoms with E-state index in [0.29, 0.717) is 13.0 Å². The van der Waals surface area contributed by atoms with E-state index in [4.69, 9.17) is 5.73 Å². The molecule has 0 aliphatic carbocycles. The molecule has 1 aromatic rings. The Balaban J connectivity index is 0.00000205. The Morgan fingerprint density at radius 1 is 1.19 bits per heavy atom. The summed E-state index contributed by atoms with van der Waals surface area (Å²) in [6, 6.07) is 9.92. The second kappa shape index (κ2) is 17.5. The number of primary amides is 1. The maximum absolute atomic E-state index is 13.2. The van der Waals surface area contributed by atoms with E-state index in [-0.39, 0.29) is 19.0 Å². The lowest BCUT2D eigenvalue weighted by Crippen LogP contribution is -2.72. The molecule has 1 saturated heterocycles. The first-order valence-corrected chi connectivity index (χ1v) is 13.0. The van der Waals surface area contributed by atoms with E-state index in [0.717, 1.165) is 31.2 Å². The fourth-order valence-electron chi connectivity index (χ4n) is 4.28. The molecule has 2 N–H and O–H groups in total. The van der Waals surface area contributed by atoms with Crippen LogP contribution in [-0.4, -0.2) is 83.5 Å². The SMILES string of the molecule is CCC.CCCCCCCN(C)CC1N([C@H](C=O)Cc2ccccc2)C(=O)CN(CC#N)N1C(N)=O. The molecule has 0 saturated carbocycles. The third kappa shape index (κ3) is 9.96. The smallest absolute Gasteiger partial charge is 0.331 e. The van der Waals surface area contributed by atoms with E-state index in [1.807, 2.05) is 48.3 Å². The zero-order valence-electron chi connectivity index (χ0n) is 22.4. The molecule has 3 amide bonds. The molecule has 0 radical (unpaired) electrons. The minimum Gasteiger partial charge on any atom is -0.350 e. The van der Waals surface area contributed by atoms with Crippen LogP contribution < -0.4 is 5.73 Å². The lowest BCUT2D eigenvalue weighted by atomic mass is 10.0. The van der Waals surface area contributed by atoms with Gasteiger partial charge in [0.25, 0.3) is 0 Å². The monoisotopic (exact) mass is 500 g/mol. The molecule has 2 rings (SSSR count). The standard InChI is InChI=1S/C24H36N6O3.C3H8/c1-3-4-5-6-10-14-27(2)17-22-29(21(19-31)16-20-11-8-7-9-12-20)23(32)18-28(15-13-25)30(22)24(26)33;1-3-2/h7-9,11-12,19,21-22H,3-6,10,14-18H2,1-2H3,(H2,26,33);3H2,1-2H3/t21-,22?;/m0./s1. The second-order valence-corrected chi connectivity index (χ2v) is 9.22. The first kappa shape index (κ1) is 31.1. The van der Waals surface area contributed by atoms with E-state index in [1.54, 1.807) is 0 Å². The van der Waals surface area contributed by atoms with Crippen LogP contribution in [0.4, 0.5) is 4.79 Å². The lowest BCUT2D eigenvalue weighted by molar-refractivity contribution is -0.172. The van der Waals surface area contributed by atoms with Gasteiger partial charge in [-0.1, -0.05) is 83.2 Å². The fraction of sp³-hybridized carbons (Fsp3) is 0.630. The number of carbonyl (C=O) groups is 3. The summed E-state index contributed by atoms with van der Waals surface area (Å²) in [6.07, 6.45) is 7.20. The first-order valence-electron chi connectivity index (χ1n) is 13.0. The van der Waals surface area contributed by atoms with Crippen molar-refractivity contribution in [3.8, 4) is 6.07 Å². The Morgan fingerprint density at radius 2 is 1.83 bits per heavy atom. The Hall–Kier alpha value is -2.96. The van der Waals surface area contributed by atoms with Gasteiger partial charge in [-0.3, -0.25) is 4.79 Å². The highest BCUT2D eigenvalue weighted by molar-refractivity contribution is 5.84. The molecule has 0 spiro atoms. The Kier molecular flexibility index (Phi) is 15.1. The van der Waals surface area contributed by atoms with Crippen molar-refractivity contribution < 1.29 is 14.4 Å². The van der Waals surface area contributed by atoms with Gasteiger partial charge in [-0.15, -0.1) is 0 Å². The number of amides is 3. The molecule has 1 aromatic carbocycles. The van der Waals surface area contributed by atoms with Gasteiger partial charge in [0, 0.05) is 6.54 Å². The van der Waals surface area contributed by atoms with Crippen molar-refractivity contribution in [3.63, 3.8) is 0 Å². The van der Waals surface area contributed by atoms with Crippen LogP contribution in [0, 0.1) is 11.3 Å². The Bertz CT molecular complexity index is 829. The quantitative estimate of drug-likeness (QED) is 0.252. The van der Waals surface area contributed by atoms with Crippen molar-refractivity contribution in [3.05, 3.63) is 35.9 Å². The number of aldehydes is 1. The Morgan fingerprint density at radius 3 is 2.39 bits per heavy atom. The van der Waals surface area contributed by atoms with Crippen LogP contribution in [0.15, 0.2) is 30.3 Å². The van der Waals surface area contributed by atoms with Crippen molar-refractivity contribution in [1.82, 2.24) is 19.8 Å². The summed E-state index contributed by atoms with van der Waals surface area (Å²) in [5.74, 6) is -0.308. The van der Waals surface area contributed by atoms with E-state index in [1.165, 1.54) is 40.6 Å². The average Bonchev–Trinajstić information content (AvgIpc) is 2.84. The highest BCUT2D eigenvalue weighted by Crippen LogP contribution is 2.22. The minimum atomic E-state index is -0.781. The number of likely N-dealkylation sites (N-methyl/N-ethyl adjacent to an activating group) is 1. The summed E-state index contributed by atoms with van der Waals surface area (Å²) >= 11 is 0. The number of hydrogen-bond donors (Lipinski definition) is 1. The first-order chi connectivity index (χ1) is 17.3. The molecule has 0 bridgehead atoms. The highest BCUT2D eigenvalue weighted by Gasteiger charge is 2.44. The zero-order chi connectivity index (χ0) is 26.9. The van der Waals surface area contributed by atoms with Gasteiger partial charge >= 0.3 is 6.03 Å². The second-order valence-electron chi connectivity index (χ2n) is 9.22. The number of hydrogen-bond acceptors (Lipinski definition) is 6. The molecule has 1 aliphatic rings. The number of carbonyl (C=O) groups excluding carboxylic acids is 3. The summed E-state index contributed by atoms with van der Waals surface area (Å²) in [5.41, 5.74) is 6.61. The van der Waals surface area contributed by atoms with E-state index >= 15 is 0 Å². The van der Waals surface area contributed by atoms with Crippen LogP contribution in [-0.2, 0) is 16.0 Å². The van der Waals surface area contributed by atoms with Gasteiger partial charge in [-0.05, 0) is 32.0 Å². The maximum Gasteiger partial charge on any atom is 0.331 e. The molecule has 9 heteroatoms. The molecular weight excluding hydrogens is 456 g/mol. The van der Waals surface area contributed by atoms with Gasteiger partial charge in [0.05, 0.1) is 18.7 Å². The normalized spacial score (nSPS) is 16.8. The molecule has 1 fully saturated rings. The maximum atomic E-state index is 13.2. The number of nitrogens with zero attached hydrogens (tertiary/aromatic N) is 5. The summed E-state index contributed by atoms with van der Waals surface area (Å²) in [4.78, 5) is 41.3. The van der Waals surface area contributed by atoms with Crippen molar-refractivity contribution in [2.75, 3.05) is 33.2 Å². The zero-order valence-corrected chi connectivity index (χ0v) is 22.4. The molecule has 36 heavy (non-hydrogen) atoms. The topological polar surface area (TPSA) is 114 Å². The number of nitrogens with two attached hydrogens (primary N) is 1. The largest absolute Gasteiger partial charge is 0.350 e. The summed E-state index contributed by atoms with van der Waals surface area (Å²) in [7, 11) is 1.93. The van der Waals surface area contributed by atoms with Crippen LogP contribution in [0.1, 0.15) is 64.9 Å². The molecule has 0 aromatic heterocycles. The van der Waals surface area contributed by atoms with E-state index < -0.39 is 18.2 Å². The lowest BCUT2D eigenvalue weighted by Gasteiger charge is -2.50. The third-order valence-electron chi connectivity index (χ3n) is 5.91. The van der Waals surface area contributed by atoms with Gasteiger partial charge < -0.3 is 20.3 Å². The van der Waals surface area contributed by atoms with Crippen LogP contribution >= 0.6 is 0 Å². The van der Waals surface area contributed by atoms with Crippen LogP contribution in [0.3, 0.4) is 0 Å². The Labute approximate surface area is 216 Å². The van der Waals surface area contributed by atoms with E-state index in [9.17, 15) is 19.6 Å². The number of unbranched alkanes of at least 4 members (excludes halogenated alkanes) is 4. The molecular formula is C27H44N6O3. The van der Waals surface area contributed by atoms with Crippen LogP contribution in [0.5, 0.6) is 0 Å². The van der Waals surface area contributed by atoms with Gasteiger partial charge in [0.1, 0.15) is 19.0 Å². The molecule has 2 atom stereocenters. The fourth-order valence-corrected chi connectivity index (χ4v) is 4.28. The molecule has 1 heterocycles. The molecule has 1 unspecified atom stereocenters. The molecule has 9 nitrogen and oxygen atoms in total. The van der Waals surface area contributed by atoms with Crippen molar-refractivity contribution in [1.29, 1.82) is 5.26 Å².